The molecule has 2 unspecified atom stereocenters. The maximum atomic E-state index is 11.9. The van der Waals surface area contributed by atoms with Crippen LogP contribution in [0, 0.1) is 0 Å². The van der Waals surface area contributed by atoms with Gasteiger partial charge in [-0.15, -0.1) is 0 Å². The molecule has 0 amide bonds. The van der Waals surface area contributed by atoms with Gasteiger partial charge in [0.25, 0.3) is 0 Å². The minimum absolute atomic E-state index is 0.0393. The number of rotatable bonds is 9. The van der Waals surface area contributed by atoms with Crippen LogP contribution in [0.25, 0.3) is 0 Å². The summed E-state index contributed by atoms with van der Waals surface area (Å²) in [6.45, 7) is 6.95. The van der Waals surface area contributed by atoms with Gasteiger partial charge < -0.3 is 10.1 Å². The van der Waals surface area contributed by atoms with E-state index in [1.165, 1.54) is 0 Å². The number of hydrogen-bond donors (Lipinski definition) is 1. The van der Waals surface area contributed by atoms with Crippen LogP contribution in [-0.2, 0) is 4.74 Å². The maximum absolute atomic E-state index is 11.9. The highest BCUT2D eigenvalue weighted by molar-refractivity contribution is 4.63. The van der Waals surface area contributed by atoms with E-state index < -0.39 is 12.6 Å². The topological polar surface area (TPSA) is 21.3 Å². The SMILES string of the molecule is CCCC(C)NCC(C)OCCCC(F)(F)F. The van der Waals surface area contributed by atoms with E-state index in [-0.39, 0.29) is 19.1 Å². The fourth-order valence-electron chi connectivity index (χ4n) is 1.52. The van der Waals surface area contributed by atoms with Crippen molar-refractivity contribution in [2.75, 3.05) is 13.2 Å². The first kappa shape index (κ1) is 16.7. The normalized spacial score (nSPS) is 15.9. The predicted octanol–water partition coefficient (Wildman–Crippen LogP) is 3.51. The Balaban J connectivity index is 3.43. The van der Waals surface area contributed by atoms with Crippen LogP contribution in [0.2, 0.25) is 0 Å². The summed E-state index contributed by atoms with van der Waals surface area (Å²) in [6.07, 6.45) is -2.61. The molecular formula is C12H24F3NO. The Morgan fingerprint density at radius 3 is 2.41 bits per heavy atom. The highest BCUT2D eigenvalue weighted by atomic mass is 19.4. The van der Waals surface area contributed by atoms with Crippen LogP contribution < -0.4 is 5.32 Å². The van der Waals surface area contributed by atoms with Gasteiger partial charge in [-0.1, -0.05) is 13.3 Å². The molecule has 104 valence electrons. The molecule has 0 heterocycles. The molecule has 1 N–H and O–H groups in total. The van der Waals surface area contributed by atoms with Gasteiger partial charge in [0.15, 0.2) is 0 Å². The Bertz CT molecular complexity index is 185. The van der Waals surface area contributed by atoms with Gasteiger partial charge in [0, 0.05) is 25.6 Å². The molecule has 0 aliphatic rings. The lowest BCUT2D eigenvalue weighted by molar-refractivity contribution is -0.138. The van der Waals surface area contributed by atoms with E-state index in [0.717, 1.165) is 12.8 Å². The quantitative estimate of drug-likeness (QED) is 0.637. The second kappa shape index (κ2) is 8.75. The fraction of sp³-hybridized carbons (Fsp3) is 1.00. The standard InChI is InChI=1S/C12H24F3NO/c1-4-6-10(2)16-9-11(3)17-8-5-7-12(13,14)15/h10-11,16H,4-9H2,1-3H3. The summed E-state index contributed by atoms with van der Waals surface area (Å²) < 4.78 is 40.9. The molecule has 2 nitrogen and oxygen atoms in total. The lowest BCUT2D eigenvalue weighted by Gasteiger charge is -2.18. The van der Waals surface area contributed by atoms with E-state index in [0.29, 0.717) is 12.6 Å². The largest absolute Gasteiger partial charge is 0.389 e. The van der Waals surface area contributed by atoms with Crippen molar-refractivity contribution < 1.29 is 17.9 Å². The molecule has 0 saturated heterocycles. The molecule has 0 aromatic heterocycles. The molecule has 0 bridgehead atoms. The fourth-order valence-corrected chi connectivity index (χ4v) is 1.52. The van der Waals surface area contributed by atoms with Crippen molar-refractivity contribution in [3.05, 3.63) is 0 Å². The van der Waals surface area contributed by atoms with E-state index in [1.54, 1.807) is 0 Å². The Morgan fingerprint density at radius 2 is 1.88 bits per heavy atom. The van der Waals surface area contributed by atoms with Crippen LogP contribution in [0.5, 0.6) is 0 Å². The van der Waals surface area contributed by atoms with Crippen molar-refractivity contribution in [1.82, 2.24) is 5.32 Å². The van der Waals surface area contributed by atoms with Crippen molar-refractivity contribution >= 4 is 0 Å². The summed E-state index contributed by atoms with van der Waals surface area (Å²) in [4.78, 5) is 0. The monoisotopic (exact) mass is 255 g/mol. The Kier molecular flexibility index (Phi) is 8.60. The second-order valence-corrected chi connectivity index (χ2v) is 4.50. The molecule has 0 aromatic carbocycles. The van der Waals surface area contributed by atoms with Crippen molar-refractivity contribution in [3.8, 4) is 0 Å². The van der Waals surface area contributed by atoms with Crippen molar-refractivity contribution in [3.63, 3.8) is 0 Å². The zero-order chi connectivity index (χ0) is 13.3. The smallest absolute Gasteiger partial charge is 0.377 e. The van der Waals surface area contributed by atoms with Gasteiger partial charge in [0.1, 0.15) is 0 Å². The first-order valence-corrected chi connectivity index (χ1v) is 6.27. The van der Waals surface area contributed by atoms with Gasteiger partial charge in [-0.25, -0.2) is 0 Å². The zero-order valence-corrected chi connectivity index (χ0v) is 10.9. The average Bonchev–Trinajstić information content (AvgIpc) is 2.21. The van der Waals surface area contributed by atoms with Crippen LogP contribution in [-0.4, -0.2) is 31.5 Å². The molecule has 0 aliphatic carbocycles. The number of halogens is 3. The predicted molar refractivity (Wildman–Crippen MR) is 63.1 cm³/mol. The van der Waals surface area contributed by atoms with Crippen LogP contribution in [0.15, 0.2) is 0 Å². The Hall–Kier alpha value is -0.290. The third-order valence-corrected chi connectivity index (χ3v) is 2.48. The lowest BCUT2D eigenvalue weighted by Crippen LogP contribution is -2.33. The minimum atomic E-state index is -4.07. The van der Waals surface area contributed by atoms with Gasteiger partial charge in [-0.3, -0.25) is 0 Å². The van der Waals surface area contributed by atoms with Gasteiger partial charge in [-0.2, -0.15) is 13.2 Å². The lowest BCUT2D eigenvalue weighted by atomic mass is 10.2. The summed E-state index contributed by atoms with van der Waals surface area (Å²) in [5.74, 6) is 0. The van der Waals surface area contributed by atoms with E-state index >= 15 is 0 Å². The highest BCUT2D eigenvalue weighted by Gasteiger charge is 2.26. The Labute approximate surface area is 102 Å². The molecule has 0 aliphatic heterocycles. The molecule has 0 spiro atoms. The molecule has 0 rings (SSSR count). The van der Waals surface area contributed by atoms with Gasteiger partial charge in [-0.05, 0) is 26.7 Å². The highest BCUT2D eigenvalue weighted by Crippen LogP contribution is 2.21. The number of nitrogens with one attached hydrogen (secondary N) is 1. The van der Waals surface area contributed by atoms with Crippen molar-refractivity contribution in [2.24, 2.45) is 0 Å². The number of alkyl halides is 3. The molecular weight excluding hydrogens is 231 g/mol. The first-order chi connectivity index (χ1) is 7.85. The summed E-state index contributed by atoms with van der Waals surface area (Å²) in [6, 6.07) is 0.432. The van der Waals surface area contributed by atoms with Crippen molar-refractivity contribution in [1.29, 1.82) is 0 Å². The summed E-state index contributed by atoms with van der Waals surface area (Å²) in [7, 11) is 0. The summed E-state index contributed by atoms with van der Waals surface area (Å²) in [5.41, 5.74) is 0. The summed E-state index contributed by atoms with van der Waals surface area (Å²) >= 11 is 0. The molecule has 0 saturated carbocycles. The number of hydrogen-bond acceptors (Lipinski definition) is 2. The minimum Gasteiger partial charge on any atom is -0.377 e. The second-order valence-electron chi connectivity index (χ2n) is 4.50. The summed E-state index contributed by atoms with van der Waals surface area (Å²) in [5, 5.41) is 3.29. The van der Waals surface area contributed by atoms with Gasteiger partial charge in [0.2, 0.25) is 0 Å². The molecule has 0 fully saturated rings. The van der Waals surface area contributed by atoms with E-state index in [9.17, 15) is 13.2 Å². The Morgan fingerprint density at radius 1 is 1.24 bits per heavy atom. The first-order valence-electron chi connectivity index (χ1n) is 6.27. The van der Waals surface area contributed by atoms with E-state index in [2.05, 4.69) is 19.2 Å². The zero-order valence-electron chi connectivity index (χ0n) is 10.9. The number of ether oxygens (including phenoxy) is 1. The van der Waals surface area contributed by atoms with E-state index in [4.69, 9.17) is 4.74 Å². The van der Waals surface area contributed by atoms with Gasteiger partial charge in [0.05, 0.1) is 6.10 Å². The van der Waals surface area contributed by atoms with Crippen LogP contribution in [0.3, 0.4) is 0 Å². The van der Waals surface area contributed by atoms with Crippen LogP contribution in [0.1, 0.15) is 46.5 Å². The van der Waals surface area contributed by atoms with Gasteiger partial charge >= 0.3 is 6.18 Å². The molecule has 2 atom stereocenters. The molecule has 5 heteroatoms. The van der Waals surface area contributed by atoms with E-state index in [1.807, 2.05) is 6.92 Å². The maximum Gasteiger partial charge on any atom is 0.389 e. The molecule has 0 aromatic rings. The van der Waals surface area contributed by atoms with Crippen LogP contribution >= 0.6 is 0 Å². The van der Waals surface area contributed by atoms with Crippen LogP contribution in [0.4, 0.5) is 13.2 Å². The molecule has 17 heavy (non-hydrogen) atoms. The average molecular weight is 255 g/mol. The third-order valence-electron chi connectivity index (χ3n) is 2.48. The molecule has 0 radical (unpaired) electrons. The third kappa shape index (κ3) is 12.0. The van der Waals surface area contributed by atoms with Crippen molar-refractivity contribution in [2.45, 2.75) is 64.8 Å².